The number of primary amides is 1. The summed E-state index contributed by atoms with van der Waals surface area (Å²) in [5, 5.41) is 0.446. The maximum atomic E-state index is 12.6. The second-order valence-electron chi connectivity index (χ2n) is 5.09. The second-order valence-corrected chi connectivity index (χ2v) is 7.84. The molecule has 1 aliphatic rings. The molecule has 1 aromatic rings. The molecule has 1 amide bonds. The van der Waals surface area contributed by atoms with Crippen LogP contribution in [0.1, 0.15) is 6.92 Å². The largest absolute Gasteiger partial charge is 0.368 e. The molecule has 0 unspecified atom stereocenters. The molecule has 0 aromatic heterocycles. The number of benzene rings is 1. The van der Waals surface area contributed by atoms with Gasteiger partial charge in [0.15, 0.2) is 0 Å². The normalized spacial score (nSPS) is 19.0. The molecule has 22 heavy (non-hydrogen) atoms. The Kier molecular flexibility index (Phi) is 5.34. The van der Waals surface area contributed by atoms with Crippen molar-refractivity contribution < 1.29 is 13.2 Å². The summed E-state index contributed by atoms with van der Waals surface area (Å²) in [6.45, 7) is 3.11. The number of halogens is 2. The van der Waals surface area contributed by atoms with Crippen LogP contribution in [0.5, 0.6) is 0 Å². The Morgan fingerprint density at radius 3 is 2.36 bits per heavy atom. The zero-order chi connectivity index (χ0) is 16.5. The highest BCUT2D eigenvalue weighted by molar-refractivity contribution is 7.89. The summed E-state index contributed by atoms with van der Waals surface area (Å²) in [6.07, 6.45) is 0. The minimum atomic E-state index is -3.71. The van der Waals surface area contributed by atoms with Gasteiger partial charge in [-0.1, -0.05) is 23.2 Å². The van der Waals surface area contributed by atoms with E-state index in [0.717, 1.165) is 0 Å². The van der Waals surface area contributed by atoms with Gasteiger partial charge >= 0.3 is 0 Å². The van der Waals surface area contributed by atoms with Crippen molar-refractivity contribution in [1.29, 1.82) is 0 Å². The molecular weight excluding hydrogens is 349 g/mol. The smallest absolute Gasteiger partial charge is 0.244 e. The van der Waals surface area contributed by atoms with Gasteiger partial charge in [-0.15, -0.1) is 0 Å². The number of piperazine rings is 1. The Morgan fingerprint density at radius 2 is 1.82 bits per heavy atom. The zero-order valence-corrected chi connectivity index (χ0v) is 14.3. The minimum absolute atomic E-state index is 0.00179. The first-order valence-electron chi connectivity index (χ1n) is 6.72. The number of hydrogen-bond donors (Lipinski definition) is 1. The van der Waals surface area contributed by atoms with E-state index in [-0.39, 0.29) is 23.0 Å². The molecule has 0 spiro atoms. The molecule has 0 radical (unpaired) electrons. The lowest BCUT2D eigenvalue weighted by molar-refractivity contribution is -0.123. The summed E-state index contributed by atoms with van der Waals surface area (Å²) < 4.78 is 26.6. The second kappa shape index (κ2) is 6.72. The molecule has 1 aromatic carbocycles. The van der Waals surface area contributed by atoms with E-state index in [9.17, 15) is 13.2 Å². The molecule has 0 bridgehead atoms. The lowest BCUT2D eigenvalue weighted by Crippen LogP contribution is -2.54. The highest BCUT2D eigenvalue weighted by atomic mass is 35.5. The molecule has 1 atom stereocenters. The molecule has 9 heteroatoms. The van der Waals surface area contributed by atoms with Crippen molar-refractivity contribution in [2.45, 2.75) is 17.9 Å². The van der Waals surface area contributed by atoms with Crippen molar-refractivity contribution in [3.63, 3.8) is 0 Å². The Balaban J connectivity index is 2.16. The quantitative estimate of drug-likeness (QED) is 0.867. The number of carbonyl (C=O) groups is 1. The first-order chi connectivity index (χ1) is 10.2. The van der Waals surface area contributed by atoms with E-state index < -0.39 is 22.0 Å². The first kappa shape index (κ1) is 17.5. The lowest BCUT2D eigenvalue weighted by atomic mass is 10.2. The Morgan fingerprint density at radius 1 is 1.23 bits per heavy atom. The van der Waals surface area contributed by atoms with Gasteiger partial charge in [0.05, 0.1) is 11.1 Å². The third-order valence-electron chi connectivity index (χ3n) is 3.74. The molecule has 1 fully saturated rings. The van der Waals surface area contributed by atoms with Gasteiger partial charge in [0.1, 0.15) is 4.90 Å². The number of hydrogen-bond acceptors (Lipinski definition) is 4. The average Bonchev–Trinajstić information content (AvgIpc) is 2.48. The van der Waals surface area contributed by atoms with Gasteiger partial charge in [-0.2, -0.15) is 4.31 Å². The maximum Gasteiger partial charge on any atom is 0.244 e. The lowest BCUT2D eigenvalue weighted by Gasteiger charge is -2.36. The molecule has 1 saturated heterocycles. The van der Waals surface area contributed by atoms with Gasteiger partial charge in [0.2, 0.25) is 15.9 Å². The van der Waals surface area contributed by atoms with Crippen LogP contribution in [0, 0.1) is 0 Å². The summed E-state index contributed by atoms with van der Waals surface area (Å²) in [7, 11) is -3.71. The van der Waals surface area contributed by atoms with Crippen molar-refractivity contribution in [2.75, 3.05) is 26.2 Å². The van der Waals surface area contributed by atoms with E-state index in [1.807, 2.05) is 4.90 Å². The third kappa shape index (κ3) is 3.55. The van der Waals surface area contributed by atoms with Crippen LogP contribution >= 0.6 is 23.2 Å². The average molecular weight is 366 g/mol. The highest BCUT2D eigenvalue weighted by Crippen LogP contribution is 2.28. The zero-order valence-electron chi connectivity index (χ0n) is 12.0. The minimum Gasteiger partial charge on any atom is -0.368 e. The van der Waals surface area contributed by atoms with E-state index in [1.54, 1.807) is 6.92 Å². The fraction of sp³-hybridized carbons (Fsp3) is 0.462. The van der Waals surface area contributed by atoms with Gasteiger partial charge in [-0.25, -0.2) is 8.42 Å². The van der Waals surface area contributed by atoms with Gasteiger partial charge < -0.3 is 5.73 Å². The van der Waals surface area contributed by atoms with E-state index in [2.05, 4.69) is 0 Å². The highest BCUT2D eigenvalue weighted by Gasteiger charge is 2.32. The van der Waals surface area contributed by atoms with E-state index in [1.165, 1.54) is 22.5 Å². The van der Waals surface area contributed by atoms with Gasteiger partial charge in [0, 0.05) is 31.2 Å². The van der Waals surface area contributed by atoms with Crippen molar-refractivity contribution in [2.24, 2.45) is 5.73 Å². The fourth-order valence-corrected chi connectivity index (χ4v) is 4.48. The topological polar surface area (TPSA) is 83.7 Å². The van der Waals surface area contributed by atoms with E-state index in [4.69, 9.17) is 28.9 Å². The van der Waals surface area contributed by atoms with Crippen LogP contribution in [-0.2, 0) is 14.8 Å². The third-order valence-corrected chi connectivity index (χ3v) is 6.36. The Labute approximate surface area is 139 Å². The molecule has 2 rings (SSSR count). The standard InChI is InChI=1S/C13H17Cl2N3O3S/c1-9(13(16)19)17-4-6-18(7-5-17)22(20,21)12-8-10(14)2-3-11(12)15/h2-3,8-9H,4-7H2,1H3,(H2,16,19)/t9-/m1/s1. The number of rotatable bonds is 4. The van der Waals surface area contributed by atoms with Gasteiger partial charge in [-0.05, 0) is 25.1 Å². The molecule has 0 aliphatic carbocycles. The van der Waals surface area contributed by atoms with Crippen LogP contribution in [0.2, 0.25) is 10.0 Å². The molecule has 2 N–H and O–H groups in total. The van der Waals surface area contributed by atoms with Crippen LogP contribution in [0.15, 0.2) is 23.1 Å². The van der Waals surface area contributed by atoms with Crippen molar-refractivity contribution in [3.8, 4) is 0 Å². The van der Waals surface area contributed by atoms with E-state index in [0.29, 0.717) is 18.1 Å². The van der Waals surface area contributed by atoms with Crippen LogP contribution in [0.3, 0.4) is 0 Å². The van der Waals surface area contributed by atoms with Crippen LogP contribution in [0.25, 0.3) is 0 Å². The predicted molar refractivity (Wildman–Crippen MR) is 85.5 cm³/mol. The van der Waals surface area contributed by atoms with Crippen molar-refractivity contribution in [1.82, 2.24) is 9.21 Å². The van der Waals surface area contributed by atoms with Crippen LogP contribution < -0.4 is 5.73 Å². The number of nitrogens with zero attached hydrogens (tertiary/aromatic N) is 2. The molecule has 1 heterocycles. The molecule has 122 valence electrons. The number of amides is 1. The SMILES string of the molecule is C[C@H](C(N)=O)N1CCN(S(=O)(=O)c2cc(Cl)ccc2Cl)CC1. The summed E-state index contributed by atoms with van der Waals surface area (Å²) >= 11 is 11.8. The van der Waals surface area contributed by atoms with Gasteiger partial charge in [0.25, 0.3) is 0 Å². The summed E-state index contributed by atoms with van der Waals surface area (Å²) in [4.78, 5) is 13.1. The van der Waals surface area contributed by atoms with Crippen LogP contribution in [-0.4, -0.2) is 55.8 Å². The number of sulfonamides is 1. The number of nitrogens with two attached hydrogens (primary N) is 1. The summed E-state index contributed by atoms with van der Waals surface area (Å²) in [5.41, 5.74) is 5.27. The van der Waals surface area contributed by atoms with Crippen molar-refractivity contribution >= 4 is 39.1 Å². The molecular formula is C13H17Cl2N3O3S. The molecule has 1 aliphatic heterocycles. The Hall–Kier alpha value is -0.860. The molecule has 0 saturated carbocycles. The maximum absolute atomic E-state index is 12.6. The Bertz CT molecular complexity index is 673. The predicted octanol–water partition coefficient (Wildman–Crippen LogP) is 1.17. The molecule has 6 nitrogen and oxygen atoms in total. The number of carbonyl (C=O) groups excluding carboxylic acids is 1. The summed E-state index contributed by atoms with van der Waals surface area (Å²) in [5.74, 6) is -0.422. The first-order valence-corrected chi connectivity index (χ1v) is 8.91. The summed E-state index contributed by atoms with van der Waals surface area (Å²) in [6, 6.07) is 3.93. The van der Waals surface area contributed by atoms with E-state index >= 15 is 0 Å². The van der Waals surface area contributed by atoms with Crippen LogP contribution in [0.4, 0.5) is 0 Å². The van der Waals surface area contributed by atoms with Gasteiger partial charge in [-0.3, -0.25) is 9.69 Å². The van der Waals surface area contributed by atoms with Crippen molar-refractivity contribution in [3.05, 3.63) is 28.2 Å². The monoisotopic (exact) mass is 365 g/mol. The fourth-order valence-electron chi connectivity index (χ4n) is 2.33.